The molecule has 0 aromatic rings. The second-order valence-corrected chi connectivity index (χ2v) is 4.17. The van der Waals surface area contributed by atoms with E-state index >= 15 is 0 Å². The number of nitrogens with two attached hydrogens (primary N) is 1. The van der Waals surface area contributed by atoms with Gasteiger partial charge in [0, 0.05) is 26.8 Å². The second kappa shape index (κ2) is 8.05. The van der Waals surface area contributed by atoms with Gasteiger partial charge in [-0.05, 0) is 31.8 Å². The molecule has 1 rings (SSSR count). The quantitative estimate of drug-likeness (QED) is 0.635. The van der Waals surface area contributed by atoms with Crippen LogP contribution in [0.1, 0.15) is 12.8 Å². The van der Waals surface area contributed by atoms with E-state index in [4.69, 9.17) is 15.2 Å². The summed E-state index contributed by atoms with van der Waals surface area (Å²) in [6.45, 7) is 6.64. The van der Waals surface area contributed by atoms with Crippen molar-refractivity contribution in [2.24, 2.45) is 11.7 Å². The fourth-order valence-electron chi connectivity index (χ4n) is 1.92. The summed E-state index contributed by atoms with van der Waals surface area (Å²) < 4.78 is 10.5. The summed E-state index contributed by atoms with van der Waals surface area (Å²) in [5.74, 6) is 0.708. The zero-order valence-corrected chi connectivity index (χ0v) is 9.78. The highest BCUT2D eigenvalue weighted by atomic mass is 16.5. The SMILES string of the molecule is COCCN(CCCN)CC1CCOC1. The molecule has 1 aliphatic heterocycles. The zero-order chi connectivity index (χ0) is 10.9. The van der Waals surface area contributed by atoms with E-state index in [0.29, 0.717) is 5.92 Å². The molecule has 2 N–H and O–H groups in total. The Kier molecular flexibility index (Phi) is 6.92. The average molecular weight is 216 g/mol. The summed E-state index contributed by atoms with van der Waals surface area (Å²) in [5, 5.41) is 0. The van der Waals surface area contributed by atoms with Gasteiger partial charge >= 0.3 is 0 Å². The first-order valence-corrected chi connectivity index (χ1v) is 5.86. The molecule has 4 heteroatoms. The topological polar surface area (TPSA) is 47.7 Å². The van der Waals surface area contributed by atoms with Crippen LogP contribution in [-0.2, 0) is 9.47 Å². The fourth-order valence-corrected chi connectivity index (χ4v) is 1.92. The Bertz CT molecular complexity index is 142. The standard InChI is InChI=1S/C11H24N2O2/c1-14-8-6-13(5-2-4-12)9-11-3-7-15-10-11/h11H,2-10,12H2,1H3. The maximum absolute atomic E-state index is 5.53. The van der Waals surface area contributed by atoms with Crippen LogP contribution in [0, 0.1) is 5.92 Å². The molecular weight excluding hydrogens is 192 g/mol. The first kappa shape index (κ1) is 12.9. The lowest BCUT2D eigenvalue weighted by Crippen LogP contribution is -2.34. The fraction of sp³-hybridized carbons (Fsp3) is 1.00. The van der Waals surface area contributed by atoms with Crippen LogP contribution < -0.4 is 5.73 Å². The molecule has 1 aliphatic rings. The van der Waals surface area contributed by atoms with Crippen molar-refractivity contribution < 1.29 is 9.47 Å². The van der Waals surface area contributed by atoms with Gasteiger partial charge in [-0.25, -0.2) is 0 Å². The molecule has 1 heterocycles. The normalized spacial score (nSPS) is 21.4. The highest BCUT2D eigenvalue weighted by Crippen LogP contribution is 2.13. The minimum atomic E-state index is 0.708. The summed E-state index contributed by atoms with van der Waals surface area (Å²) in [6.07, 6.45) is 2.27. The molecule has 0 amide bonds. The Labute approximate surface area is 92.7 Å². The van der Waals surface area contributed by atoms with Gasteiger partial charge in [-0.1, -0.05) is 0 Å². The molecule has 4 nitrogen and oxygen atoms in total. The molecule has 1 fully saturated rings. The zero-order valence-electron chi connectivity index (χ0n) is 9.78. The van der Waals surface area contributed by atoms with Crippen LogP contribution in [0.5, 0.6) is 0 Å². The predicted molar refractivity (Wildman–Crippen MR) is 60.9 cm³/mol. The molecule has 15 heavy (non-hydrogen) atoms. The van der Waals surface area contributed by atoms with Gasteiger partial charge in [-0.3, -0.25) is 0 Å². The summed E-state index contributed by atoms with van der Waals surface area (Å²) in [4.78, 5) is 2.44. The van der Waals surface area contributed by atoms with E-state index < -0.39 is 0 Å². The van der Waals surface area contributed by atoms with Crippen molar-refractivity contribution in [3.63, 3.8) is 0 Å². The molecule has 1 saturated heterocycles. The van der Waals surface area contributed by atoms with Crippen molar-refractivity contribution in [2.45, 2.75) is 12.8 Å². The Morgan fingerprint density at radius 1 is 1.47 bits per heavy atom. The third-order valence-corrected chi connectivity index (χ3v) is 2.83. The maximum atomic E-state index is 5.53. The van der Waals surface area contributed by atoms with Gasteiger partial charge in [0.05, 0.1) is 13.2 Å². The van der Waals surface area contributed by atoms with E-state index in [1.807, 2.05) is 0 Å². The van der Waals surface area contributed by atoms with Crippen molar-refractivity contribution in [2.75, 3.05) is 53.1 Å². The summed E-state index contributed by atoms with van der Waals surface area (Å²) in [6, 6.07) is 0. The van der Waals surface area contributed by atoms with E-state index in [1.54, 1.807) is 7.11 Å². The smallest absolute Gasteiger partial charge is 0.0589 e. The second-order valence-electron chi connectivity index (χ2n) is 4.17. The molecule has 0 aliphatic carbocycles. The van der Waals surface area contributed by atoms with E-state index in [-0.39, 0.29) is 0 Å². The third kappa shape index (κ3) is 5.47. The Hall–Kier alpha value is -0.160. The van der Waals surface area contributed by atoms with Crippen LogP contribution in [-0.4, -0.2) is 58.0 Å². The lowest BCUT2D eigenvalue weighted by Gasteiger charge is -2.24. The van der Waals surface area contributed by atoms with Crippen molar-refractivity contribution in [1.29, 1.82) is 0 Å². The Morgan fingerprint density at radius 2 is 2.33 bits per heavy atom. The van der Waals surface area contributed by atoms with Crippen LogP contribution in [0.4, 0.5) is 0 Å². The number of nitrogens with zero attached hydrogens (tertiary/aromatic N) is 1. The molecular formula is C11H24N2O2. The number of hydrogen-bond donors (Lipinski definition) is 1. The van der Waals surface area contributed by atoms with Gasteiger partial charge in [0.15, 0.2) is 0 Å². The lowest BCUT2D eigenvalue weighted by atomic mass is 10.1. The van der Waals surface area contributed by atoms with Crippen LogP contribution >= 0.6 is 0 Å². The van der Waals surface area contributed by atoms with Crippen LogP contribution in [0.3, 0.4) is 0 Å². The number of rotatable bonds is 8. The summed E-state index contributed by atoms with van der Waals surface area (Å²) in [7, 11) is 1.75. The van der Waals surface area contributed by atoms with Crippen molar-refractivity contribution >= 4 is 0 Å². The van der Waals surface area contributed by atoms with Gasteiger partial charge in [0.2, 0.25) is 0 Å². The van der Waals surface area contributed by atoms with E-state index in [0.717, 1.165) is 52.4 Å². The third-order valence-electron chi connectivity index (χ3n) is 2.83. The number of methoxy groups -OCH3 is 1. The van der Waals surface area contributed by atoms with E-state index in [9.17, 15) is 0 Å². The lowest BCUT2D eigenvalue weighted by molar-refractivity contribution is 0.128. The molecule has 0 aromatic heterocycles. The number of ether oxygens (including phenoxy) is 2. The van der Waals surface area contributed by atoms with Crippen molar-refractivity contribution in [3.05, 3.63) is 0 Å². The minimum absolute atomic E-state index is 0.708. The predicted octanol–water partition coefficient (Wildman–Crippen LogP) is 0.320. The number of hydrogen-bond acceptors (Lipinski definition) is 4. The molecule has 90 valence electrons. The summed E-state index contributed by atoms with van der Waals surface area (Å²) in [5.41, 5.74) is 5.53. The molecule has 0 aromatic carbocycles. The monoisotopic (exact) mass is 216 g/mol. The molecule has 1 atom stereocenters. The van der Waals surface area contributed by atoms with E-state index in [1.165, 1.54) is 6.42 Å². The van der Waals surface area contributed by atoms with Crippen LogP contribution in [0.2, 0.25) is 0 Å². The van der Waals surface area contributed by atoms with Crippen LogP contribution in [0.25, 0.3) is 0 Å². The molecule has 0 spiro atoms. The van der Waals surface area contributed by atoms with Crippen molar-refractivity contribution in [1.82, 2.24) is 4.90 Å². The van der Waals surface area contributed by atoms with Gasteiger partial charge in [-0.2, -0.15) is 0 Å². The Balaban J connectivity index is 2.19. The molecule has 0 saturated carbocycles. The van der Waals surface area contributed by atoms with Crippen molar-refractivity contribution in [3.8, 4) is 0 Å². The van der Waals surface area contributed by atoms with Gasteiger partial charge in [-0.15, -0.1) is 0 Å². The molecule has 0 radical (unpaired) electrons. The van der Waals surface area contributed by atoms with Gasteiger partial charge in [0.1, 0.15) is 0 Å². The highest BCUT2D eigenvalue weighted by Gasteiger charge is 2.18. The largest absolute Gasteiger partial charge is 0.383 e. The highest BCUT2D eigenvalue weighted by molar-refractivity contribution is 4.70. The first-order chi connectivity index (χ1) is 7.36. The average Bonchev–Trinajstić information content (AvgIpc) is 2.74. The minimum Gasteiger partial charge on any atom is -0.383 e. The maximum Gasteiger partial charge on any atom is 0.0589 e. The van der Waals surface area contributed by atoms with Gasteiger partial charge < -0.3 is 20.1 Å². The summed E-state index contributed by atoms with van der Waals surface area (Å²) >= 11 is 0. The van der Waals surface area contributed by atoms with Crippen LogP contribution in [0.15, 0.2) is 0 Å². The van der Waals surface area contributed by atoms with Gasteiger partial charge in [0.25, 0.3) is 0 Å². The Morgan fingerprint density at radius 3 is 2.93 bits per heavy atom. The first-order valence-electron chi connectivity index (χ1n) is 5.86. The van der Waals surface area contributed by atoms with E-state index in [2.05, 4.69) is 4.90 Å². The molecule has 1 unspecified atom stereocenters. The molecule has 0 bridgehead atoms.